The summed E-state index contributed by atoms with van der Waals surface area (Å²) >= 11 is 0. The minimum Gasteiger partial charge on any atom is -0.476 e. The van der Waals surface area contributed by atoms with E-state index in [2.05, 4.69) is 30.5 Å². The van der Waals surface area contributed by atoms with Crippen molar-refractivity contribution in [2.24, 2.45) is 10.9 Å². The Morgan fingerprint density at radius 3 is 2.96 bits per heavy atom. The summed E-state index contributed by atoms with van der Waals surface area (Å²) in [5.41, 5.74) is 0.813. The van der Waals surface area contributed by atoms with Crippen molar-refractivity contribution in [2.75, 3.05) is 11.9 Å². The zero-order valence-electron chi connectivity index (χ0n) is 15.8. The smallest absolute Gasteiger partial charge is 0.315 e. The third kappa shape index (κ3) is 3.51. The Morgan fingerprint density at radius 1 is 1.32 bits per heavy atom. The van der Waals surface area contributed by atoms with Crippen LogP contribution in [0.1, 0.15) is 38.4 Å². The Bertz CT molecular complexity index is 952. The second-order valence-electron chi connectivity index (χ2n) is 6.90. The van der Waals surface area contributed by atoms with E-state index in [1.807, 2.05) is 38.3 Å². The molecule has 2 aliphatic rings. The first kappa shape index (κ1) is 18.3. The van der Waals surface area contributed by atoms with Crippen LogP contribution in [0.5, 0.6) is 5.88 Å². The number of hydrogen-bond donors (Lipinski definition) is 1. The van der Waals surface area contributed by atoms with Gasteiger partial charge in [0.05, 0.1) is 24.8 Å². The molecule has 0 radical (unpaired) electrons. The number of aromatic nitrogens is 4. The van der Waals surface area contributed by atoms with E-state index in [9.17, 15) is 4.39 Å². The average Bonchev–Trinajstić information content (AvgIpc) is 3.29. The maximum atomic E-state index is 13.8. The van der Waals surface area contributed by atoms with Gasteiger partial charge in [-0.15, -0.1) is 5.10 Å². The molecule has 0 amide bonds. The maximum Gasteiger partial charge on any atom is 0.315 e. The van der Waals surface area contributed by atoms with Gasteiger partial charge in [0.25, 0.3) is 5.88 Å². The largest absolute Gasteiger partial charge is 0.476 e. The monoisotopic (exact) mass is 384 g/mol. The van der Waals surface area contributed by atoms with Crippen LogP contribution in [0.2, 0.25) is 0 Å². The standard InChI is InChI=1S/C19H21FN6O2/c1-4-27-18-14(20)9-22-16(24-18)13-8-21-15-6-5-11(7-12(13)15)17-25-26-19(28-17)23-10(2)3/h5-10,12-13,15H,4H2,1-3H3,(H,23,26). The lowest BCUT2D eigenvalue weighted by molar-refractivity contribution is 0.303. The van der Waals surface area contributed by atoms with Crippen molar-refractivity contribution in [3.8, 4) is 5.88 Å². The molecule has 3 heterocycles. The number of nitrogens with zero attached hydrogens (tertiary/aromatic N) is 5. The van der Waals surface area contributed by atoms with E-state index in [0.717, 1.165) is 11.8 Å². The summed E-state index contributed by atoms with van der Waals surface area (Å²) in [6.07, 6.45) is 8.89. The van der Waals surface area contributed by atoms with Gasteiger partial charge in [-0.25, -0.2) is 4.98 Å². The predicted molar refractivity (Wildman–Crippen MR) is 102 cm³/mol. The van der Waals surface area contributed by atoms with E-state index < -0.39 is 5.82 Å². The molecule has 1 aliphatic carbocycles. The number of hydrogen-bond acceptors (Lipinski definition) is 8. The van der Waals surface area contributed by atoms with Gasteiger partial charge < -0.3 is 14.5 Å². The Kier molecular flexibility index (Phi) is 4.89. The van der Waals surface area contributed by atoms with Crippen LogP contribution in [0.3, 0.4) is 0 Å². The van der Waals surface area contributed by atoms with Gasteiger partial charge in [-0.3, -0.25) is 4.99 Å². The van der Waals surface area contributed by atoms with Crippen molar-refractivity contribution in [2.45, 2.75) is 38.8 Å². The molecular formula is C19H21FN6O2. The van der Waals surface area contributed by atoms with Crippen molar-refractivity contribution in [3.05, 3.63) is 42.0 Å². The number of fused-ring (bicyclic) bond motifs is 1. The molecule has 1 aliphatic heterocycles. The van der Waals surface area contributed by atoms with Gasteiger partial charge in [-0.1, -0.05) is 23.3 Å². The molecule has 0 aromatic carbocycles. The molecule has 1 N–H and O–H groups in total. The predicted octanol–water partition coefficient (Wildman–Crippen LogP) is 3.02. The van der Waals surface area contributed by atoms with E-state index in [0.29, 0.717) is 24.3 Å². The lowest BCUT2D eigenvalue weighted by Gasteiger charge is -2.21. The Labute approximate surface area is 161 Å². The highest BCUT2D eigenvalue weighted by Crippen LogP contribution is 2.38. The minimum atomic E-state index is -0.576. The van der Waals surface area contributed by atoms with Crippen molar-refractivity contribution >= 4 is 17.8 Å². The second-order valence-corrected chi connectivity index (χ2v) is 6.90. The van der Waals surface area contributed by atoms with E-state index >= 15 is 0 Å². The number of rotatable bonds is 6. The number of aliphatic imine (C=N–C) groups is 1. The van der Waals surface area contributed by atoms with Gasteiger partial charge in [0.15, 0.2) is 0 Å². The normalized spacial score (nSPS) is 23.0. The van der Waals surface area contributed by atoms with Crippen molar-refractivity contribution < 1.29 is 13.5 Å². The summed E-state index contributed by atoms with van der Waals surface area (Å²) in [5.74, 6) is 0.0709. The molecule has 8 nitrogen and oxygen atoms in total. The molecule has 4 rings (SSSR count). The zero-order valence-corrected chi connectivity index (χ0v) is 15.8. The Morgan fingerprint density at radius 2 is 2.18 bits per heavy atom. The van der Waals surface area contributed by atoms with Crippen LogP contribution >= 0.6 is 0 Å². The number of ether oxygens (including phenoxy) is 1. The first-order chi connectivity index (χ1) is 13.5. The summed E-state index contributed by atoms with van der Waals surface area (Å²) < 4.78 is 24.8. The number of nitrogens with one attached hydrogen (secondary N) is 1. The molecule has 146 valence electrons. The van der Waals surface area contributed by atoms with E-state index in [4.69, 9.17) is 9.15 Å². The van der Waals surface area contributed by atoms with Crippen molar-refractivity contribution in [3.63, 3.8) is 0 Å². The van der Waals surface area contributed by atoms with E-state index in [1.54, 1.807) is 6.92 Å². The molecule has 0 fully saturated rings. The molecule has 0 saturated carbocycles. The average molecular weight is 384 g/mol. The Balaban J connectivity index is 1.60. The molecule has 9 heteroatoms. The summed E-state index contributed by atoms with van der Waals surface area (Å²) in [4.78, 5) is 12.9. The minimum absolute atomic E-state index is 0.0201. The maximum absolute atomic E-state index is 13.8. The second kappa shape index (κ2) is 7.49. The molecule has 0 saturated heterocycles. The van der Waals surface area contributed by atoms with Gasteiger partial charge in [0.2, 0.25) is 11.7 Å². The number of allylic oxidation sites excluding steroid dienone is 2. The van der Waals surface area contributed by atoms with Crippen molar-refractivity contribution in [1.29, 1.82) is 0 Å². The van der Waals surface area contributed by atoms with Crippen LogP contribution in [-0.4, -0.2) is 45.1 Å². The van der Waals surface area contributed by atoms with Crippen LogP contribution in [0.4, 0.5) is 10.4 Å². The van der Waals surface area contributed by atoms with E-state index in [-0.39, 0.29) is 29.8 Å². The van der Waals surface area contributed by atoms with Gasteiger partial charge in [0, 0.05) is 23.7 Å². The van der Waals surface area contributed by atoms with Crippen LogP contribution in [0, 0.1) is 11.7 Å². The fourth-order valence-electron chi connectivity index (χ4n) is 3.24. The molecule has 28 heavy (non-hydrogen) atoms. The zero-order chi connectivity index (χ0) is 19.7. The summed E-state index contributed by atoms with van der Waals surface area (Å²) in [5, 5.41) is 11.2. The quantitative estimate of drug-likeness (QED) is 0.817. The third-order valence-electron chi connectivity index (χ3n) is 4.47. The SMILES string of the molecule is CCOc1nc(C2C=NC3C=CC(c4nnc(NC(C)C)o4)=CC32)ncc1F. The van der Waals surface area contributed by atoms with E-state index in [1.165, 1.54) is 0 Å². The number of anilines is 1. The van der Waals surface area contributed by atoms with Crippen molar-refractivity contribution in [1.82, 2.24) is 20.2 Å². The highest BCUT2D eigenvalue weighted by Gasteiger charge is 2.36. The molecule has 3 atom stereocenters. The van der Waals surface area contributed by atoms with Crippen LogP contribution < -0.4 is 10.1 Å². The molecule has 2 aromatic heterocycles. The summed E-state index contributed by atoms with van der Waals surface area (Å²) in [6, 6.07) is 0.536. The third-order valence-corrected chi connectivity index (χ3v) is 4.47. The first-order valence-electron chi connectivity index (χ1n) is 9.24. The molecule has 2 aromatic rings. The topological polar surface area (TPSA) is 98.3 Å². The van der Waals surface area contributed by atoms with Gasteiger partial charge >= 0.3 is 6.01 Å². The number of halogens is 1. The molecular weight excluding hydrogens is 363 g/mol. The lowest BCUT2D eigenvalue weighted by atomic mass is 9.84. The van der Waals surface area contributed by atoms with Gasteiger partial charge in [-0.05, 0) is 20.8 Å². The fourth-order valence-corrected chi connectivity index (χ4v) is 3.24. The molecule has 3 unspecified atom stereocenters. The summed E-state index contributed by atoms with van der Waals surface area (Å²) in [6.45, 7) is 6.10. The van der Waals surface area contributed by atoms with Crippen LogP contribution in [-0.2, 0) is 0 Å². The lowest BCUT2D eigenvalue weighted by Crippen LogP contribution is -2.21. The molecule has 0 spiro atoms. The highest BCUT2D eigenvalue weighted by atomic mass is 19.1. The van der Waals surface area contributed by atoms with Gasteiger partial charge in [-0.2, -0.15) is 9.37 Å². The van der Waals surface area contributed by atoms with Crippen LogP contribution in [0.25, 0.3) is 5.57 Å². The highest BCUT2D eigenvalue weighted by molar-refractivity contribution is 5.77. The first-order valence-corrected chi connectivity index (χ1v) is 9.24. The van der Waals surface area contributed by atoms with Gasteiger partial charge in [0.1, 0.15) is 5.82 Å². The Hall–Kier alpha value is -3.10. The fraction of sp³-hybridized carbons (Fsp3) is 0.421. The van der Waals surface area contributed by atoms with Crippen LogP contribution in [0.15, 0.2) is 33.8 Å². The molecule has 0 bridgehead atoms. The summed E-state index contributed by atoms with van der Waals surface area (Å²) in [7, 11) is 0.